The Bertz CT molecular complexity index is 1000. The number of aromatic nitrogens is 1. The molecule has 3 rings (SSSR count). The van der Waals surface area contributed by atoms with E-state index in [2.05, 4.69) is 33.9 Å². The van der Waals surface area contributed by atoms with E-state index in [4.69, 9.17) is 0 Å². The van der Waals surface area contributed by atoms with Gasteiger partial charge in [0.1, 0.15) is 5.82 Å². The predicted molar refractivity (Wildman–Crippen MR) is 112 cm³/mol. The first kappa shape index (κ1) is 19.1. The summed E-state index contributed by atoms with van der Waals surface area (Å²) in [6.45, 7) is 3.53. The molecular weight excluding hydrogens is 352 g/mol. The molecule has 0 radical (unpaired) electrons. The second-order valence-electron chi connectivity index (χ2n) is 6.28. The fourth-order valence-corrected chi connectivity index (χ4v) is 2.81. The molecule has 0 bridgehead atoms. The van der Waals surface area contributed by atoms with Crippen LogP contribution in [0, 0.1) is 0 Å². The van der Waals surface area contributed by atoms with E-state index < -0.39 is 0 Å². The molecule has 0 unspecified atom stereocenters. The van der Waals surface area contributed by atoms with E-state index >= 15 is 0 Å². The summed E-state index contributed by atoms with van der Waals surface area (Å²) in [7, 11) is 0. The van der Waals surface area contributed by atoms with Crippen molar-refractivity contribution in [3.63, 3.8) is 0 Å². The highest BCUT2D eigenvalue weighted by Crippen LogP contribution is 2.21. The lowest BCUT2D eigenvalue weighted by Gasteiger charge is -2.11. The maximum Gasteiger partial charge on any atom is 0.255 e. The second kappa shape index (κ2) is 8.81. The van der Waals surface area contributed by atoms with Crippen LogP contribution in [-0.4, -0.2) is 16.8 Å². The molecule has 28 heavy (non-hydrogen) atoms. The van der Waals surface area contributed by atoms with Gasteiger partial charge < -0.3 is 16.0 Å². The van der Waals surface area contributed by atoms with Crippen LogP contribution in [0.4, 0.5) is 22.9 Å². The van der Waals surface area contributed by atoms with Crippen molar-refractivity contribution >= 4 is 34.7 Å². The minimum Gasteiger partial charge on any atom is -0.340 e. The first-order valence-electron chi connectivity index (χ1n) is 9.05. The van der Waals surface area contributed by atoms with Crippen LogP contribution >= 0.6 is 0 Å². The average Bonchev–Trinajstić information content (AvgIpc) is 2.68. The van der Waals surface area contributed by atoms with Crippen molar-refractivity contribution in [2.75, 3.05) is 16.0 Å². The van der Waals surface area contributed by atoms with Gasteiger partial charge in [0.15, 0.2) is 0 Å². The summed E-state index contributed by atoms with van der Waals surface area (Å²) in [6, 6.07) is 18.4. The number of hydrogen-bond donors (Lipinski definition) is 3. The summed E-state index contributed by atoms with van der Waals surface area (Å²) in [5.74, 6) is 0.176. The molecule has 6 heteroatoms. The highest BCUT2D eigenvalue weighted by molar-refractivity contribution is 6.05. The van der Waals surface area contributed by atoms with Crippen LogP contribution in [0.2, 0.25) is 0 Å². The molecule has 0 atom stereocenters. The third-order valence-corrected chi connectivity index (χ3v) is 4.12. The third-order valence-electron chi connectivity index (χ3n) is 4.12. The van der Waals surface area contributed by atoms with Crippen LogP contribution < -0.4 is 16.0 Å². The number of para-hydroxylation sites is 1. The smallest absolute Gasteiger partial charge is 0.255 e. The van der Waals surface area contributed by atoms with Crippen molar-refractivity contribution in [2.24, 2.45) is 0 Å². The van der Waals surface area contributed by atoms with Crippen LogP contribution in [0.5, 0.6) is 0 Å². The topological polar surface area (TPSA) is 83.1 Å². The molecule has 6 nitrogen and oxygen atoms in total. The maximum atomic E-state index is 12.6. The van der Waals surface area contributed by atoms with Crippen molar-refractivity contribution in [2.45, 2.75) is 20.3 Å². The van der Waals surface area contributed by atoms with E-state index in [1.54, 1.807) is 42.6 Å². The molecule has 0 spiro atoms. The molecule has 1 heterocycles. The zero-order valence-corrected chi connectivity index (χ0v) is 15.8. The van der Waals surface area contributed by atoms with Crippen LogP contribution in [0.1, 0.15) is 29.8 Å². The molecule has 0 aliphatic carbocycles. The number of amides is 2. The molecule has 3 N–H and O–H groups in total. The minimum absolute atomic E-state index is 0.166. The van der Waals surface area contributed by atoms with Gasteiger partial charge in [-0.2, -0.15) is 0 Å². The van der Waals surface area contributed by atoms with Crippen LogP contribution in [0.25, 0.3) is 0 Å². The standard InChI is InChI=1S/C22H22N4O2/c1-3-16-7-4-5-10-20(16)26-21-13-17(11-12-23-21)22(28)25-19-9-6-8-18(14-19)24-15(2)27/h4-14H,3H2,1-2H3,(H,23,26)(H,24,27)(H,25,28). The Morgan fingerprint density at radius 1 is 0.929 bits per heavy atom. The third kappa shape index (κ3) is 4.94. The molecule has 0 aliphatic rings. The zero-order chi connectivity index (χ0) is 19.9. The number of rotatable bonds is 6. The Kier molecular flexibility index (Phi) is 6.01. The van der Waals surface area contributed by atoms with Gasteiger partial charge >= 0.3 is 0 Å². The van der Waals surface area contributed by atoms with Gasteiger partial charge in [-0.15, -0.1) is 0 Å². The molecular formula is C22H22N4O2. The number of nitrogens with zero attached hydrogens (tertiary/aromatic N) is 1. The molecule has 0 aliphatic heterocycles. The Balaban J connectivity index is 1.74. The summed E-state index contributed by atoms with van der Waals surface area (Å²) in [5, 5.41) is 8.81. The normalized spacial score (nSPS) is 10.2. The summed E-state index contributed by atoms with van der Waals surface area (Å²) >= 11 is 0. The Labute approximate surface area is 164 Å². The molecule has 0 saturated heterocycles. The van der Waals surface area contributed by atoms with Crippen molar-refractivity contribution in [3.05, 3.63) is 78.0 Å². The first-order valence-corrected chi connectivity index (χ1v) is 9.05. The van der Waals surface area contributed by atoms with Crippen LogP contribution in [0.15, 0.2) is 66.9 Å². The van der Waals surface area contributed by atoms with Gasteiger partial charge in [0.25, 0.3) is 5.91 Å². The lowest BCUT2D eigenvalue weighted by atomic mass is 10.1. The van der Waals surface area contributed by atoms with E-state index in [-0.39, 0.29) is 11.8 Å². The Hall–Kier alpha value is -3.67. The summed E-state index contributed by atoms with van der Waals surface area (Å²) in [4.78, 5) is 28.1. The van der Waals surface area contributed by atoms with Crippen molar-refractivity contribution in [1.29, 1.82) is 0 Å². The van der Waals surface area contributed by atoms with E-state index in [1.807, 2.05) is 18.2 Å². The van der Waals surface area contributed by atoms with Crippen molar-refractivity contribution in [1.82, 2.24) is 4.98 Å². The fraction of sp³-hybridized carbons (Fsp3) is 0.136. The van der Waals surface area contributed by atoms with Crippen molar-refractivity contribution in [3.8, 4) is 0 Å². The van der Waals surface area contributed by atoms with Gasteiger partial charge in [0.2, 0.25) is 5.91 Å². The highest BCUT2D eigenvalue weighted by Gasteiger charge is 2.09. The number of aryl methyl sites for hydroxylation is 1. The van der Waals surface area contributed by atoms with Gasteiger partial charge in [0.05, 0.1) is 0 Å². The Morgan fingerprint density at radius 2 is 1.68 bits per heavy atom. The predicted octanol–water partition coefficient (Wildman–Crippen LogP) is 4.60. The number of carbonyl (C=O) groups is 2. The number of anilines is 4. The largest absolute Gasteiger partial charge is 0.340 e. The first-order chi connectivity index (χ1) is 13.5. The lowest BCUT2D eigenvalue weighted by molar-refractivity contribution is -0.114. The number of nitrogens with one attached hydrogen (secondary N) is 3. The number of carbonyl (C=O) groups excluding carboxylic acids is 2. The van der Waals surface area contributed by atoms with E-state index in [0.717, 1.165) is 12.1 Å². The Morgan fingerprint density at radius 3 is 2.43 bits per heavy atom. The molecule has 1 aromatic heterocycles. The summed E-state index contributed by atoms with van der Waals surface area (Å²) in [6.07, 6.45) is 2.49. The number of hydrogen-bond acceptors (Lipinski definition) is 4. The highest BCUT2D eigenvalue weighted by atomic mass is 16.2. The second-order valence-corrected chi connectivity index (χ2v) is 6.28. The molecule has 3 aromatic rings. The molecule has 2 amide bonds. The van der Waals surface area contributed by atoms with Crippen molar-refractivity contribution < 1.29 is 9.59 Å². The lowest BCUT2D eigenvalue weighted by Crippen LogP contribution is -2.13. The molecule has 2 aromatic carbocycles. The molecule has 0 saturated carbocycles. The van der Waals surface area contributed by atoms with Crippen LogP contribution in [0.3, 0.4) is 0 Å². The average molecular weight is 374 g/mol. The van der Waals surface area contributed by atoms with Gasteiger partial charge in [-0.3, -0.25) is 9.59 Å². The van der Waals surface area contributed by atoms with Gasteiger partial charge in [-0.25, -0.2) is 4.98 Å². The van der Waals surface area contributed by atoms with E-state index in [0.29, 0.717) is 22.8 Å². The quantitative estimate of drug-likeness (QED) is 0.589. The molecule has 0 fully saturated rings. The maximum absolute atomic E-state index is 12.6. The van der Waals surface area contributed by atoms with E-state index in [9.17, 15) is 9.59 Å². The van der Waals surface area contributed by atoms with Gasteiger partial charge in [-0.1, -0.05) is 31.2 Å². The van der Waals surface area contributed by atoms with E-state index in [1.165, 1.54) is 12.5 Å². The summed E-state index contributed by atoms with van der Waals surface area (Å²) < 4.78 is 0. The number of pyridine rings is 1. The summed E-state index contributed by atoms with van der Waals surface area (Å²) in [5.41, 5.74) is 3.85. The number of benzene rings is 2. The molecule has 142 valence electrons. The SMILES string of the molecule is CCc1ccccc1Nc1cc(C(=O)Nc2cccc(NC(C)=O)c2)ccn1. The minimum atomic E-state index is -0.255. The zero-order valence-electron chi connectivity index (χ0n) is 15.8. The monoisotopic (exact) mass is 374 g/mol. The van der Waals surface area contributed by atoms with Gasteiger partial charge in [-0.05, 0) is 48.4 Å². The fourth-order valence-electron chi connectivity index (χ4n) is 2.81. The van der Waals surface area contributed by atoms with Gasteiger partial charge in [0, 0.05) is 35.7 Å². The van der Waals surface area contributed by atoms with Crippen LogP contribution in [-0.2, 0) is 11.2 Å².